The van der Waals surface area contributed by atoms with E-state index in [1.807, 2.05) is 42.5 Å². The molecule has 8 heteroatoms. The summed E-state index contributed by atoms with van der Waals surface area (Å²) in [6, 6.07) is 16.5. The number of amides is 2. The number of thioether (sulfide) groups is 1. The lowest BCUT2D eigenvalue weighted by Gasteiger charge is -2.33. The maximum atomic E-state index is 13.6. The van der Waals surface area contributed by atoms with Gasteiger partial charge in [0.15, 0.2) is 4.87 Å². The van der Waals surface area contributed by atoms with E-state index in [4.69, 9.17) is 9.47 Å². The van der Waals surface area contributed by atoms with Gasteiger partial charge in [0.2, 0.25) is 12.0 Å². The summed E-state index contributed by atoms with van der Waals surface area (Å²) in [7, 11) is 0. The lowest BCUT2D eigenvalue weighted by molar-refractivity contribution is -0.164. The Hall–Kier alpha value is -2.84. The SMILES string of the molecule is O=C([C@H](OC(=O)[C@@]12CCC(=O)N1c1ccccc1S2)c1ccccc1)N1CCOCC1. The van der Waals surface area contributed by atoms with E-state index in [0.29, 0.717) is 38.3 Å². The van der Waals surface area contributed by atoms with Crippen LogP contribution in [0.1, 0.15) is 24.5 Å². The Morgan fingerprint density at radius 3 is 2.52 bits per heavy atom. The van der Waals surface area contributed by atoms with E-state index >= 15 is 0 Å². The Labute approximate surface area is 184 Å². The Morgan fingerprint density at radius 2 is 1.74 bits per heavy atom. The highest BCUT2D eigenvalue weighted by atomic mass is 32.2. The molecule has 0 radical (unpaired) electrons. The Balaban J connectivity index is 1.46. The number of carbonyl (C=O) groups is 3. The Kier molecular flexibility index (Phi) is 5.19. The fourth-order valence-corrected chi connectivity index (χ4v) is 5.71. The predicted octanol–water partition coefficient (Wildman–Crippen LogP) is 2.76. The Morgan fingerprint density at radius 1 is 1.03 bits per heavy atom. The number of morpholine rings is 1. The molecule has 0 aromatic heterocycles. The lowest BCUT2D eigenvalue weighted by Crippen LogP contribution is -2.50. The molecule has 0 bridgehead atoms. The molecule has 0 spiro atoms. The molecule has 5 rings (SSSR count). The first-order valence-corrected chi connectivity index (χ1v) is 11.2. The minimum absolute atomic E-state index is 0.106. The summed E-state index contributed by atoms with van der Waals surface area (Å²) in [6.07, 6.45) is -0.454. The molecule has 0 N–H and O–H groups in total. The summed E-state index contributed by atoms with van der Waals surface area (Å²) in [5, 5.41) is 0. The fraction of sp³-hybridized carbons (Fsp3) is 0.348. The highest BCUT2D eigenvalue weighted by Gasteiger charge is 2.59. The largest absolute Gasteiger partial charge is 0.445 e. The number of para-hydroxylation sites is 1. The standard InChI is InChI=1S/C23H22N2O5S/c26-19-10-11-23(25(19)17-8-4-5-9-18(17)31-23)22(28)30-20(16-6-2-1-3-7-16)21(27)24-12-14-29-15-13-24/h1-9,20H,10-15H2/t20-,23+/m1/s1. The van der Waals surface area contributed by atoms with Crippen LogP contribution in [0.3, 0.4) is 0 Å². The first kappa shape index (κ1) is 20.1. The van der Waals surface area contributed by atoms with Gasteiger partial charge >= 0.3 is 5.97 Å². The van der Waals surface area contributed by atoms with E-state index in [-0.39, 0.29) is 18.2 Å². The zero-order valence-electron chi connectivity index (χ0n) is 16.9. The van der Waals surface area contributed by atoms with E-state index in [1.165, 1.54) is 11.8 Å². The molecule has 7 nitrogen and oxygen atoms in total. The zero-order chi connectivity index (χ0) is 21.4. The summed E-state index contributed by atoms with van der Waals surface area (Å²) < 4.78 is 11.3. The number of hydrogen-bond acceptors (Lipinski definition) is 6. The highest BCUT2D eigenvalue weighted by molar-refractivity contribution is 8.02. The van der Waals surface area contributed by atoms with Crippen LogP contribution < -0.4 is 4.90 Å². The van der Waals surface area contributed by atoms with Gasteiger partial charge in [0.05, 0.1) is 18.9 Å². The van der Waals surface area contributed by atoms with Crippen LogP contribution >= 0.6 is 11.8 Å². The quantitative estimate of drug-likeness (QED) is 0.684. The van der Waals surface area contributed by atoms with Crippen molar-refractivity contribution in [2.75, 3.05) is 31.2 Å². The molecule has 160 valence electrons. The van der Waals surface area contributed by atoms with Crippen LogP contribution in [0.5, 0.6) is 0 Å². The van der Waals surface area contributed by atoms with Gasteiger partial charge in [-0.3, -0.25) is 14.5 Å². The number of esters is 1. The van der Waals surface area contributed by atoms with Crippen molar-refractivity contribution < 1.29 is 23.9 Å². The third kappa shape index (κ3) is 3.40. The number of fused-ring (bicyclic) bond motifs is 3. The number of benzene rings is 2. The van der Waals surface area contributed by atoms with E-state index in [2.05, 4.69) is 0 Å². The van der Waals surface area contributed by atoms with Gasteiger partial charge in [-0.15, -0.1) is 0 Å². The van der Waals surface area contributed by atoms with Gasteiger partial charge in [0.25, 0.3) is 5.91 Å². The van der Waals surface area contributed by atoms with Gasteiger partial charge in [-0.05, 0) is 12.1 Å². The molecule has 3 aliphatic rings. The molecule has 2 saturated heterocycles. The molecule has 2 aromatic rings. The third-order valence-electron chi connectivity index (χ3n) is 5.87. The second-order valence-corrected chi connectivity index (χ2v) is 9.04. The van der Waals surface area contributed by atoms with Crippen molar-refractivity contribution in [2.45, 2.75) is 28.7 Å². The number of hydrogen-bond donors (Lipinski definition) is 0. The monoisotopic (exact) mass is 438 g/mol. The van der Waals surface area contributed by atoms with E-state index < -0.39 is 16.9 Å². The van der Waals surface area contributed by atoms with Crippen molar-refractivity contribution in [3.8, 4) is 0 Å². The maximum Gasteiger partial charge on any atom is 0.344 e. The molecule has 2 aromatic carbocycles. The van der Waals surface area contributed by atoms with Crippen molar-refractivity contribution >= 4 is 35.2 Å². The summed E-state index contributed by atoms with van der Waals surface area (Å²) in [4.78, 5) is 42.5. The molecule has 2 atom stereocenters. The smallest absolute Gasteiger partial charge is 0.344 e. The molecule has 0 saturated carbocycles. The first-order valence-electron chi connectivity index (χ1n) is 10.3. The average molecular weight is 439 g/mol. The average Bonchev–Trinajstić information content (AvgIpc) is 3.33. The van der Waals surface area contributed by atoms with Gasteiger partial charge in [-0.1, -0.05) is 54.2 Å². The summed E-state index contributed by atoms with van der Waals surface area (Å²) in [5.74, 6) is -0.934. The van der Waals surface area contributed by atoms with Crippen LogP contribution in [0, 0.1) is 0 Å². The van der Waals surface area contributed by atoms with Crippen LogP contribution in [0.4, 0.5) is 5.69 Å². The number of rotatable bonds is 4. The molecule has 0 unspecified atom stereocenters. The fourth-order valence-electron chi connectivity index (χ4n) is 4.31. The minimum Gasteiger partial charge on any atom is -0.445 e. The number of nitrogens with zero attached hydrogens (tertiary/aromatic N) is 2. The van der Waals surface area contributed by atoms with Crippen molar-refractivity contribution in [2.24, 2.45) is 0 Å². The molecular weight excluding hydrogens is 416 g/mol. The minimum atomic E-state index is -1.17. The Bertz CT molecular complexity index is 1020. The third-order valence-corrected chi connectivity index (χ3v) is 7.32. The first-order chi connectivity index (χ1) is 15.1. The second kappa shape index (κ2) is 8.01. The topological polar surface area (TPSA) is 76.2 Å². The van der Waals surface area contributed by atoms with Crippen LogP contribution in [0.25, 0.3) is 0 Å². The summed E-state index contributed by atoms with van der Waals surface area (Å²) in [5.41, 5.74) is 1.34. The molecule has 2 amide bonds. The molecule has 0 aliphatic carbocycles. The summed E-state index contributed by atoms with van der Waals surface area (Å²) >= 11 is 1.34. The van der Waals surface area contributed by atoms with Crippen LogP contribution in [-0.4, -0.2) is 53.9 Å². The highest BCUT2D eigenvalue weighted by Crippen LogP contribution is 2.56. The van der Waals surface area contributed by atoms with Crippen LogP contribution in [-0.2, 0) is 23.9 Å². The number of carbonyl (C=O) groups excluding carboxylic acids is 3. The molecule has 31 heavy (non-hydrogen) atoms. The number of anilines is 1. The van der Waals surface area contributed by atoms with E-state index in [9.17, 15) is 14.4 Å². The van der Waals surface area contributed by atoms with Gasteiger partial charge in [-0.2, -0.15) is 0 Å². The normalized spacial score (nSPS) is 23.3. The van der Waals surface area contributed by atoms with Gasteiger partial charge < -0.3 is 14.4 Å². The maximum absolute atomic E-state index is 13.6. The molecular formula is C23H22N2O5S. The number of ether oxygens (including phenoxy) is 2. The van der Waals surface area contributed by atoms with Crippen molar-refractivity contribution in [1.29, 1.82) is 0 Å². The van der Waals surface area contributed by atoms with Gasteiger partial charge in [0.1, 0.15) is 0 Å². The van der Waals surface area contributed by atoms with Crippen LogP contribution in [0.2, 0.25) is 0 Å². The molecule has 2 fully saturated rings. The van der Waals surface area contributed by atoms with E-state index in [1.54, 1.807) is 21.9 Å². The molecule has 3 heterocycles. The van der Waals surface area contributed by atoms with Crippen molar-refractivity contribution in [3.63, 3.8) is 0 Å². The van der Waals surface area contributed by atoms with Crippen molar-refractivity contribution in [3.05, 3.63) is 60.2 Å². The van der Waals surface area contributed by atoms with Gasteiger partial charge in [0, 0.05) is 36.4 Å². The lowest BCUT2D eigenvalue weighted by atomic mass is 10.1. The molecule has 3 aliphatic heterocycles. The van der Waals surface area contributed by atoms with E-state index in [0.717, 1.165) is 10.6 Å². The predicted molar refractivity (Wildman–Crippen MR) is 114 cm³/mol. The van der Waals surface area contributed by atoms with Crippen LogP contribution in [0.15, 0.2) is 59.5 Å². The van der Waals surface area contributed by atoms with Gasteiger partial charge in [-0.25, -0.2) is 4.79 Å². The zero-order valence-corrected chi connectivity index (χ0v) is 17.7. The second-order valence-electron chi connectivity index (χ2n) is 7.72. The van der Waals surface area contributed by atoms with Crippen molar-refractivity contribution in [1.82, 2.24) is 4.90 Å². The summed E-state index contributed by atoms with van der Waals surface area (Å²) in [6.45, 7) is 1.82.